The monoisotopic (exact) mass is 338 g/mol. The van der Waals surface area contributed by atoms with Gasteiger partial charge in [-0.3, -0.25) is 9.89 Å². The van der Waals surface area contributed by atoms with E-state index in [9.17, 15) is 4.79 Å². The molecule has 1 heterocycles. The van der Waals surface area contributed by atoms with E-state index in [0.29, 0.717) is 40.9 Å². The lowest BCUT2D eigenvalue weighted by Crippen LogP contribution is -2.29. The van der Waals surface area contributed by atoms with Crippen LogP contribution in [0.4, 0.5) is 0 Å². The summed E-state index contributed by atoms with van der Waals surface area (Å²) in [5, 5.41) is 9.77. The van der Waals surface area contributed by atoms with Gasteiger partial charge in [-0.2, -0.15) is 5.10 Å². The second-order valence-electron chi connectivity index (χ2n) is 4.73. The molecule has 8 heteroatoms. The number of amides is 1. The third-order valence-electron chi connectivity index (χ3n) is 3.26. The van der Waals surface area contributed by atoms with Crippen molar-refractivity contribution in [3.8, 4) is 11.5 Å². The van der Waals surface area contributed by atoms with Crippen LogP contribution < -0.4 is 14.8 Å². The highest BCUT2D eigenvalue weighted by Crippen LogP contribution is 2.36. The first-order valence-electron chi connectivity index (χ1n) is 7.27. The fourth-order valence-electron chi connectivity index (χ4n) is 2.12. The number of carbonyl (C=O) groups is 1. The van der Waals surface area contributed by atoms with Gasteiger partial charge in [-0.05, 0) is 25.5 Å². The molecule has 1 atom stereocenters. The Morgan fingerprint density at radius 3 is 2.78 bits per heavy atom. The van der Waals surface area contributed by atoms with E-state index < -0.39 is 0 Å². The molecule has 1 aromatic carbocycles. The minimum atomic E-state index is -0.281. The summed E-state index contributed by atoms with van der Waals surface area (Å²) in [6, 6.07) is 2.89. The third kappa shape index (κ3) is 3.92. The number of nitrogens with zero attached hydrogens (tertiary/aromatic N) is 2. The molecule has 1 unspecified atom stereocenters. The largest absolute Gasteiger partial charge is 0.493 e. The van der Waals surface area contributed by atoms with Crippen LogP contribution >= 0.6 is 11.6 Å². The summed E-state index contributed by atoms with van der Waals surface area (Å²) in [5.74, 6) is 1.16. The number of benzene rings is 1. The van der Waals surface area contributed by atoms with E-state index in [2.05, 4.69) is 20.5 Å². The maximum absolute atomic E-state index is 12.5. The van der Waals surface area contributed by atoms with Crippen LogP contribution in [0, 0.1) is 0 Å². The van der Waals surface area contributed by atoms with Crippen molar-refractivity contribution in [2.45, 2.75) is 26.3 Å². The first-order chi connectivity index (χ1) is 11.1. The van der Waals surface area contributed by atoms with E-state index in [1.54, 1.807) is 12.1 Å². The SMILES string of the molecule is CCOc1c(Cl)cc(C(=O)NC(CC)c2ncn[nH]2)cc1OC. The molecule has 0 saturated carbocycles. The van der Waals surface area contributed by atoms with Crippen molar-refractivity contribution in [2.24, 2.45) is 0 Å². The number of rotatable bonds is 7. The summed E-state index contributed by atoms with van der Waals surface area (Å²) in [6.45, 7) is 4.24. The number of ether oxygens (including phenoxy) is 2. The molecule has 0 saturated heterocycles. The van der Waals surface area contributed by atoms with Gasteiger partial charge in [0, 0.05) is 5.56 Å². The van der Waals surface area contributed by atoms with Gasteiger partial charge >= 0.3 is 0 Å². The maximum atomic E-state index is 12.5. The average Bonchev–Trinajstić information content (AvgIpc) is 3.08. The molecule has 1 aromatic heterocycles. The Morgan fingerprint density at radius 2 is 2.22 bits per heavy atom. The Bertz CT molecular complexity index is 661. The zero-order valence-corrected chi connectivity index (χ0v) is 14.0. The minimum Gasteiger partial charge on any atom is -0.493 e. The molecule has 124 valence electrons. The summed E-state index contributed by atoms with van der Waals surface area (Å²) in [4.78, 5) is 16.5. The molecule has 2 rings (SSSR count). The Balaban J connectivity index is 2.23. The number of aromatic nitrogens is 3. The van der Waals surface area contributed by atoms with Crippen LogP contribution in [-0.4, -0.2) is 34.8 Å². The van der Waals surface area contributed by atoms with E-state index in [4.69, 9.17) is 21.1 Å². The van der Waals surface area contributed by atoms with E-state index in [-0.39, 0.29) is 11.9 Å². The highest BCUT2D eigenvalue weighted by Gasteiger charge is 2.19. The molecule has 1 amide bonds. The zero-order valence-electron chi connectivity index (χ0n) is 13.2. The topological polar surface area (TPSA) is 89.1 Å². The van der Waals surface area contributed by atoms with Crippen LogP contribution in [0.1, 0.15) is 42.5 Å². The molecule has 0 spiro atoms. The molecule has 0 aliphatic rings. The fourth-order valence-corrected chi connectivity index (χ4v) is 2.39. The van der Waals surface area contributed by atoms with Gasteiger partial charge in [-0.1, -0.05) is 18.5 Å². The maximum Gasteiger partial charge on any atom is 0.252 e. The van der Waals surface area contributed by atoms with Crippen LogP contribution in [0.5, 0.6) is 11.5 Å². The molecule has 23 heavy (non-hydrogen) atoms. The molecule has 0 fully saturated rings. The Hall–Kier alpha value is -2.28. The predicted molar refractivity (Wildman–Crippen MR) is 86.1 cm³/mol. The summed E-state index contributed by atoms with van der Waals surface area (Å²) in [5.41, 5.74) is 0.383. The molecule has 0 aliphatic carbocycles. The molecular weight excluding hydrogens is 320 g/mol. The molecule has 0 bridgehead atoms. The first-order valence-corrected chi connectivity index (χ1v) is 7.64. The number of halogens is 1. The number of hydrogen-bond donors (Lipinski definition) is 2. The highest BCUT2D eigenvalue weighted by atomic mass is 35.5. The second-order valence-corrected chi connectivity index (χ2v) is 5.13. The van der Waals surface area contributed by atoms with Crippen LogP contribution in [0.25, 0.3) is 0 Å². The summed E-state index contributed by atoms with van der Waals surface area (Å²) in [6.07, 6.45) is 2.07. The van der Waals surface area contributed by atoms with E-state index in [0.717, 1.165) is 0 Å². The first kappa shape index (κ1) is 17.1. The molecule has 2 aromatic rings. The average molecular weight is 339 g/mol. The van der Waals surface area contributed by atoms with E-state index in [1.165, 1.54) is 13.4 Å². The normalized spacial score (nSPS) is 11.8. The number of methoxy groups -OCH3 is 1. The number of nitrogens with one attached hydrogen (secondary N) is 2. The number of H-pyrrole nitrogens is 1. The van der Waals surface area contributed by atoms with Gasteiger partial charge < -0.3 is 14.8 Å². The minimum absolute atomic E-state index is 0.263. The van der Waals surface area contributed by atoms with Crippen molar-refractivity contribution < 1.29 is 14.3 Å². The lowest BCUT2D eigenvalue weighted by Gasteiger charge is -2.16. The standard InChI is InChI=1S/C15H19ClN4O3/c1-4-11(14-17-8-18-20-14)19-15(21)9-6-10(16)13(23-5-2)12(7-9)22-3/h6-8,11H,4-5H2,1-3H3,(H,19,21)(H,17,18,20). The van der Waals surface area contributed by atoms with E-state index in [1.807, 2.05) is 13.8 Å². The molecule has 2 N–H and O–H groups in total. The molecule has 0 radical (unpaired) electrons. The Labute approximate surface area is 139 Å². The van der Waals surface area contributed by atoms with Gasteiger partial charge in [0.1, 0.15) is 12.2 Å². The summed E-state index contributed by atoms with van der Waals surface area (Å²) < 4.78 is 10.7. The van der Waals surface area contributed by atoms with Crippen molar-refractivity contribution in [1.29, 1.82) is 0 Å². The molecule has 7 nitrogen and oxygen atoms in total. The van der Waals surface area contributed by atoms with Crippen LogP contribution in [0.15, 0.2) is 18.5 Å². The number of carbonyl (C=O) groups excluding carboxylic acids is 1. The number of hydrogen-bond acceptors (Lipinski definition) is 5. The zero-order chi connectivity index (χ0) is 16.8. The fraction of sp³-hybridized carbons (Fsp3) is 0.400. The van der Waals surface area contributed by atoms with Gasteiger partial charge in [-0.25, -0.2) is 4.98 Å². The van der Waals surface area contributed by atoms with Crippen LogP contribution in [-0.2, 0) is 0 Å². The van der Waals surface area contributed by atoms with E-state index >= 15 is 0 Å². The predicted octanol–water partition coefficient (Wildman–Crippen LogP) is 2.75. The molecule has 0 aliphatic heterocycles. The van der Waals surface area contributed by atoms with Gasteiger partial charge in [0.2, 0.25) is 0 Å². The van der Waals surface area contributed by atoms with Crippen molar-refractivity contribution in [1.82, 2.24) is 20.5 Å². The molecular formula is C15H19ClN4O3. The van der Waals surface area contributed by atoms with Crippen molar-refractivity contribution in [3.05, 3.63) is 34.9 Å². The smallest absolute Gasteiger partial charge is 0.252 e. The Kier molecular flexibility index (Phi) is 5.81. The lowest BCUT2D eigenvalue weighted by molar-refractivity contribution is 0.0933. The summed E-state index contributed by atoms with van der Waals surface area (Å²) >= 11 is 6.19. The van der Waals surface area contributed by atoms with Gasteiger partial charge in [0.15, 0.2) is 11.5 Å². The van der Waals surface area contributed by atoms with Crippen molar-refractivity contribution in [2.75, 3.05) is 13.7 Å². The highest BCUT2D eigenvalue weighted by molar-refractivity contribution is 6.32. The third-order valence-corrected chi connectivity index (χ3v) is 3.54. The number of aromatic amines is 1. The quantitative estimate of drug-likeness (QED) is 0.810. The van der Waals surface area contributed by atoms with Gasteiger partial charge in [0.05, 0.1) is 24.8 Å². The van der Waals surface area contributed by atoms with Crippen molar-refractivity contribution >= 4 is 17.5 Å². The Morgan fingerprint density at radius 1 is 1.43 bits per heavy atom. The lowest BCUT2D eigenvalue weighted by atomic mass is 10.1. The second kappa shape index (κ2) is 7.82. The van der Waals surface area contributed by atoms with Crippen LogP contribution in [0.2, 0.25) is 5.02 Å². The summed E-state index contributed by atoms with van der Waals surface area (Å²) in [7, 11) is 1.50. The van der Waals surface area contributed by atoms with Crippen LogP contribution in [0.3, 0.4) is 0 Å². The van der Waals surface area contributed by atoms with Gasteiger partial charge in [-0.15, -0.1) is 0 Å². The van der Waals surface area contributed by atoms with Gasteiger partial charge in [0.25, 0.3) is 5.91 Å². The van der Waals surface area contributed by atoms with Crippen molar-refractivity contribution in [3.63, 3.8) is 0 Å².